The maximum Gasteiger partial charge on any atom is 0.315 e. The molecule has 3 amide bonds. The summed E-state index contributed by atoms with van der Waals surface area (Å²) in [6.45, 7) is 5.75. The number of carbonyl (C=O) groups excluding carboxylic acids is 2. The molecule has 1 aliphatic rings. The number of aryl methyl sites for hydroxylation is 2. The van der Waals surface area contributed by atoms with Crippen molar-refractivity contribution in [3.63, 3.8) is 0 Å². The van der Waals surface area contributed by atoms with Crippen molar-refractivity contribution in [2.45, 2.75) is 32.7 Å². The number of nitrogens with one attached hydrogen (secondary N) is 2. The first-order valence-electron chi connectivity index (χ1n) is 7.92. The molecule has 2 rings (SSSR count). The van der Waals surface area contributed by atoms with Crippen molar-refractivity contribution < 1.29 is 14.3 Å². The highest BCUT2D eigenvalue weighted by atomic mass is 16.5. The molecule has 1 aromatic carbocycles. The molecule has 0 aromatic heterocycles. The number of benzene rings is 1. The molecule has 0 bridgehead atoms. The summed E-state index contributed by atoms with van der Waals surface area (Å²) in [6, 6.07) is 5.59. The zero-order valence-corrected chi connectivity index (χ0v) is 14.0. The van der Waals surface area contributed by atoms with E-state index in [0.29, 0.717) is 26.1 Å². The summed E-state index contributed by atoms with van der Waals surface area (Å²) in [5.74, 6) is 0.0398. The monoisotopic (exact) mass is 319 g/mol. The average molecular weight is 319 g/mol. The van der Waals surface area contributed by atoms with Gasteiger partial charge in [-0.2, -0.15) is 0 Å². The molecule has 1 aromatic rings. The second kappa shape index (κ2) is 7.97. The van der Waals surface area contributed by atoms with Gasteiger partial charge in [0.1, 0.15) is 0 Å². The van der Waals surface area contributed by atoms with Crippen molar-refractivity contribution in [3.05, 3.63) is 29.3 Å². The fraction of sp³-hybridized carbons (Fsp3) is 0.529. The van der Waals surface area contributed by atoms with Crippen molar-refractivity contribution in [2.75, 3.05) is 31.7 Å². The van der Waals surface area contributed by atoms with E-state index >= 15 is 0 Å². The minimum absolute atomic E-state index is 0.0398. The van der Waals surface area contributed by atoms with Crippen LogP contribution in [-0.4, -0.2) is 44.8 Å². The number of carbonyl (C=O) groups is 2. The molecular formula is C17H25N3O3. The standard InChI is InChI=1S/C17H25N3O3/c1-12-5-6-15(9-13(12)2)20-11-14(10-16(20)21)19-17(22)18-7-4-8-23-3/h5-6,9,14H,4,7-8,10-11H2,1-3H3,(H2,18,19,22)/t14-/m0/s1. The van der Waals surface area contributed by atoms with Gasteiger partial charge in [-0.1, -0.05) is 6.07 Å². The number of rotatable bonds is 6. The maximum atomic E-state index is 12.2. The Hall–Kier alpha value is -2.08. The third-order valence-corrected chi connectivity index (χ3v) is 4.07. The van der Waals surface area contributed by atoms with Crippen LogP contribution in [0.2, 0.25) is 0 Å². The Bertz CT molecular complexity index is 574. The van der Waals surface area contributed by atoms with Crippen LogP contribution in [0.1, 0.15) is 24.0 Å². The minimum atomic E-state index is -0.235. The van der Waals surface area contributed by atoms with Crippen LogP contribution in [0.3, 0.4) is 0 Å². The molecule has 1 fully saturated rings. The van der Waals surface area contributed by atoms with Gasteiger partial charge in [0.15, 0.2) is 0 Å². The van der Waals surface area contributed by atoms with Gasteiger partial charge in [-0.25, -0.2) is 4.79 Å². The summed E-state index contributed by atoms with van der Waals surface area (Å²) in [6.07, 6.45) is 1.10. The molecule has 1 saturated heterocycles. The molecule has 0 spiro atoms. The SMILES string of the molecule is COCCCNC(=O)N[C@H]1CC(=O)N(c2ccc(C)c(C)c2)C1. The molecule has 126 valence electrons. The molecule has 23 heavy (non-hydrogen) atoms. The highest BCUT2D eigenvalue weighted by Gasteiger charge is 2.31. The predicted molar refractivity (Wildman–Crippen MR) is 89.7 cm³/mol. The molecule has 0 radical (unpaired) electrons. The Morgan fingerprint density at radius 3 is 2.83 bits per heavy atom. The topological polar surface area (TPSA) is 70.7 Å². The van der Waals surface area contributed by atoms with Crippen LogP contribution in [0.25, 0.3) is 0 Å². The van der Waals surface area contributed by atoms with E-state index in [1.54, 1.807) is 12.0 Å². The van der Waals surface area contributed by atoms with Gasteiger partial charge in [0.2, 0.25) is 5.91 Å². The third kappa shape index (κ3) is 4.69. The van der Waals surface area contributed by atoms with Crippen molar-refractivity contribution in [1.82, 2.24) is 10.6 Å². The number of urea groups is 1. The summed E-state index contributed by atoms with van der Waals surface area (Å²) in [5, 5.41) is 5.63. The van der Waals surface area contributed by atoms with Crippen molar-refractivity contribution in [1.29, 1.82) is 0 Å². The lowest BCUT2D eigenvalue weighted by Crippen LogP contribution is -2.43. The number of hydrogen-bond donors (Lipinski definition) is 2. The van der Waals surface area contributed by atoms with Gasteiger partial charge in [0.05, 0.1) is 6.04 Å². The molecule has 1 atom stereocenters. The number of ether oxygens (including phenoxy) is 1. The zero-order chi connectivity index (χ0) is 16.8. The summed E-state index contributed by atoms with van der Waals surface area (Å²) in [4.78, 5) is 25.8. The normalized spacial score (nSPS) is 17.4. The Kier molecular flexibility index (Phi) is 5.98. The average Bonchev–Trinajstić information content (AvgIpc) is 2.87. The molecular weight excluding hydrogens is 294 g/mol. The van der Waals surface area contributed by atoms with Crippen LogP contribution in [0.5, 0.6) is 0 Å². The summed E-state index contributed by atoms with van der Waals surface area (Å²) < 4.78 is 4.93. The summed E-state index contributed by atoms with van der Waals surface area (Å²) >= 11 is 0. The van der Waals surface area contributed by atoms with Gasteiger partial charge in [-0.05, 0) is 43.5 Å². The van der Waals surface area contributed by atoms with E-state index in [0.717, 1.165) is 17.7 Å². The molecule has 6 heteroatoms. The molecule has 1 aliphatic heterocycles. The number of amides is 3. The fourth-order valence-corrected chi connectivity index (χ4v) is 2.60. The molecule has 6 nitrogen and oxygen atoms in total. The van der Waals surface area contributed by atoms with Crippen molar-refractivity contribution in [2.24, 2.45) is 0 Å². The van der Waals surface area contributed by atoms with Gasteiger partial charge >= 0.3 is 6.03 Å². The quantitative estimate of drug-likeness (QED) is 0.785. The maximum absolute atomic E-state index is 12.2. The van der Waals surface area contributed by atoms with Gasteiger partial charge in [-0.3, -0.25) is 4.79 Å². The Morgan fingerprint density at radius 2 is 2.13 bits per heavy atom. The van der Waals surface area contributed by atoms with E-state index in [1.807, 2.05) is 32.0 Å². The summed E-state index contributed by atoms with van der Waals surface area (Å²) in [7, 11) is 1.63. The van der Waals surface area contributed by atoms with E-state index in [9.17, 15) is 9.59 Å². The number of hydrogen-bond acceptors (Lipinski definition) is 3. The largest absolute Gasteiger partial charge is 0.385 e. The van der Waals surface area contributed by atoms with E-state index in [1.165, 1.54) is 5.56 Å². The Morgan fingerprint density at radius 1 is 1.35 bits per heavy atom. The minimum Gasteiger partial charge on any atom is -0.385 e. The predicted octanol–water partition coefficient (Wildman–Crippen LogP) is 1.74. The molecule has 0 unspecified atom stereocenters. The highest BCUT2D eigenvalue weighted by molar-refractivity contribution is 5.96. The van der Waals surface area contributed by atoms with Gasteiger partial charge in [0, 0.05) is 38.9 Å². The van der Waals surface area contributed by atoms with Crippen molar-refractivity contribution >= 4 is 17.6 Å². The first kappa shape index (κ1) is 17.3. The van der Waals surface area contributed by atoms with E-state index in [-0.39, 0.29) is 18.0 Å². The number of anilines is 1. The van der Waals surface area contributed by atoms with Gasteiger partial charge in [-0.15, -0.1) is 0 Å². The van der Waals surface area contributed by atoms with Gasteiger partial charge < -0.3 is 20.3 Å². The van der Waals surface area contributed by atoms with Crippen LogP contribution < -0.4 is 15.5 Å². The first-order chi connectivity index (χ1) is 11.0. The smallest absolute Gasteiger partial charge is 0.315 e. The van der Waals surface area contributed by atoms with Crippen molar-refractivity contribution in [3.8, 4) is 0 Å². The molecule has 1 heterocycles. The summed E-state index contributed by atoms with van der Waals surface area (Å²) in [5.41, 5.74) is 3.25. The lowest BCUT2D eigenvalue weighted by molar-refractivity contribution is -0.117. The van der Waals surface area contributed by atoms with Crippen LogP contribution in [-0.2, 0) is 9.53 Å². The molecule has 2 N–H and O–H groups in total. The van der Waals surface area contributed by atoms with Gasteiger partial charge in [0.25, 0.3) is 0 Å². The highest BCUT2D eigenvalue weighted by Crippen LogP contribution is 2.23. The van der Waals surface area contributed by atoms with Crippen LogP contribution in [0, 0.1) is 13.8 Å². The van der Waals surface area contributed by atoms with E-state index in [2.05, 4.69) is 10.6 Å². The van der Waals surface area contributed by atoms with E-state index in [4.69, 9.17) is 4.74 Å². The van der Waals surface area contributed by atoms with Crippen LogP contribution in [0.4, 0.5) is 10.5 Å². The number of nitrogens with zero attached hydrogens (tertiary/aromatic N) is 1. The second-order valence-corrected chi connectivity index (χ2v) is 5.92. The zero-order valence-electron chi connectivity index (χ0n) is 14.0. The Balaban J connectivity index is 1.87. The lowest BCUT2D eigenvalue weighted by atomic mass is 10.1. The lowest BCUT2D eigenvalue weighted by Gasteiger charge is -2.18. The van der Waals surface area contributed by atoms with Crippen LogP contribution in [0.15, 0.2) is 18.2 Å². The fourth-order valence-electron chi connectivity index (χ4n) is 2.60. The van der Waals surface area contributed by atoms with E-state index < -0.39 is 0 Å². The Labute approximate surface area is 137 Å². The molecule has 0 saturated carbocycles. The third-order valence-electron chi connectivity index (χ3n) is 4.07. The molecule has 0 aliphatic carbocycles. The number of methoxy groups -OCH3 is 1. The first-order valence-corrected chi connectivity index (χ1v) is 7.92. The van der Waals surface area contributed by atoms with Crippen LogP contribution >= 0.6 is 0 Å². The second-order valence-electron chi connectivity index (χ2n) is 5.92.